The minimum atomic E-state index is -0.970. The lowest BCUT2D eigenvalue weighted by molar-refractivity contribution is -0.0893. The highest BCUT2D eigenvalue weighted by Crippen LogP contribution is 2.37. The number of phenolic OH excluding ortho intramolecular Hbond substituents is 2. The van der Waals surface area contributed by atoms with E-state index in [-0.39, 0.29) is 11.5 Å². The summed E-state index contributed by atoms with van der Waals surface area (Å²) in [5, 5.41) is 34.3. The first-order valence-electron chi connectivity index (χ1n) is 10.4. The van der Waals surface area contributed by atoms with E-state index in [1.165, 1.54) is 0 Å². The number of fused-ring (bicyclic) bond motifs is 3. The van der Waals surface area contributed by atoms with Gasteiger partial charge in [0.2, 0.25) is 0 Å². The van der Waals surface area contributed by atoms with Crippen LogP contribution in [-0.4, -0.2) is 34.0 Å². The van der Waals surface area contributed by atoms with Gasteiger partial charge in [0.15, 0.2) is 0 Å². The van der Waals surface area contributed by atoms with Crippen molar-refractivity contribution in [2.75, 3.05) is 0 Å². The van der Waals surface area contributed by atoms with Crippen LogP contribution in [0.4, 0.5) is 0 Å². The normalized spacial score (nSPS) is 12.4. The van der Waals surface area contributed by atoms with Crippen LogP contribution in [-0.2, 0) is 4.65 Å². The molecule has 0 saturated carbocycles. The highest BCUT2D eigenvalue weighted by molar-refractivity contribution is 6.47. The summed E-state index contributed by atoms with van der Waals surface area (Å²) in [7, 11) is 0.371. The number of phenols is 2. The van der Waals surface area contributed by atoms with Crippen LogP contribution in [0, 0.1) is 0 Å². The van der Waals surface area contributed by atoms with Gasteiger partial charge in [0, 0.05) is 0 Å². The molecule has 0 aliphatic heterocycles. The molecule has 0 aliphatic rings. The zero-order chi connectivity index (χ0) is 22.4. The Bertz CT molecular complexity index is 1270. The molecule has 0 aromatic heterocycles. The number of aliphatic hydroxyl groups is 1. The molecule has 0 spiro atoms. The Kier molecular flexibility index (Phi) is 5.20. The molecule has 0 radical (unpaired) electrons. The van der Waals surface area contributed by atoms with Crippen molar-refractivity contribution in [1.82, 2.24) is 0 Å². The lowest BCUT2D eigenvalue weighted by Gasteiger charge is -2.37. The number of rotatable bonds is 5. The third-order valence-electron chi connectivity index (χ3n) is 6.23. The van der Waals surface area contributed by atoms with Gasteiger partial charge in [0.1, 0.15) is 11.5 Å². The first-order chi connectivity index (χ1) is 14.5. The summed E-state index contributed by atoms with van der Waals surface area (Å²) < 4.78 is 6.04. The molecule has 4 aromatic rings. The fraction of sp³-hybridized carbons (Fsp3) is 0.231. The van der Waals surface area contributed by atoms with Crippen LogP contribution in [0.5, 0.6) is 11.5 Å². The van der Waals surface area contributed by atoms with E-state index in [9.17, 15) is 15.3 Å². The molecular weight excluding hydrogens is 387 g/mol. The van der Waals surface area contributed by atoms with Crippen molar-refractivity contribution < 1.29 is 20.0 Å². The van der Waals surface area contributed by atoms with Crippen molar-refractivity contribution in [1.29, 1.82) is 0 Å². The third kappa shape index (κ3) is 4.11. The van der Waals surface area contributed by atoms with Gasteiger partial charge in [0.05, 0.1) is 11.2 Å². The molecule has 3 N–H and O–H groups in total. The number of hydrogen-bond donors (Lipinski definition) is 3. The van der Waals surface area contributed by atoms with Crippen molar-refractivity contribution in [3.63, 3.8) is 0 Å². The van der Waals surface area contributed by atoms with E-state index in [1.807, 2.05) is 44.2 Å². The van der Waals surface area contributed by atoms with Crippen LogP contribution < -0.4 is 5.46 Å². The van der Waals surface area contributed by atoms with Crippen LogP contribution in [0.3, 0.4) is 0 Å². The molecule has 0 amide bonds. The van der Waals surface area contributed by atoms with Crippen molar-refractivity contribution in [3.8, 4) is 22.6 Å². The SMILES string of the molecule is CC(C)(O)C(C)(C)OBc1cccc(-c2cc3ccc(O)cc3c3ccc(O)cc23)c1. The zero-order valence-electron chi connectivity index (χ0n) is 18.3. The Balaban J connectivity index is 1.81. The van der Waals surface area contributed by atoms with Crippen molar-refractivity contribution in [2.45, 2.75) is 38.9 Å². The topological polar surface area (TPSA) is 69.9 Å². The molecule has 0 heterocycles. The molecule has 0 bridgehead atoms. The predicted molar refractivity (Wildman–Crippen MR) is 128 cm³/mol. The maximum atomic E-state index is 10.4. The molecular formula is C26H27BO4. The molecule has 31 heavy (non-hydrogen) atoms. The monoisotopic (exact) mass is 414 g/mol. The molecule has 0 atom stereocenters. The van der Waals surface area contributed by atoms with E-state index in [0.29, 0.717) is 7.48 Å². The molecule has 5 heteroatoms. The Morgan fingerprint density at radius 1 is 0.742 bits per heavy atom. The highest BCUT2D eigenvalue weighted by Gasteiger charge is 2.35. The maximum Gasteiger partial charge on any atom is 0.309 e. The average molecular weight is 414 g/mol. The summed E-state index contributed by atoms with van der Waals surface area (Å²) in [4.78, 5) is 0. The highest BCUT2D eigenvalue weighted by atomic mass is 16.5. The first-order valence-corrected chi connectivity index (χ1v) is 10.4. The van der Waals surface area contributed by atoms with Gasteiger partial charge in [-0.15, -0.1) is 0 Å². The summed E-state index contributed by atoms with van der Waals surface area (Å²) >= 11 is 0. The molecule has 158 valence electrons. The third-order valence-corrected chi connectivity index (χ3v) is 6.23. The molecule has 0 fully saturated rings. The second-order valence-electron chi connectivity index (χ2n) is 9.12. The van der Waals surface area contributed by atoms with Crippen molar-refractivity contribution in [2.24, 2.45) is 0 Å². The summed E-state index contributed by atoms with van der Waals surface area (Å²) in [6.45, 7) is 7.25. The zero-order valence-corrected chi connectivity index (χ0v) is 18.3. The Labute approximate surface area is 183 Å². The van der Waals surface area contributed by atoms with Crippen LogP contribution in [0.25, 0.3) is 32.7 Å². The van der Waals surface area contributed by atoms with E-state index >= 15 is 0 Å². The number of hydrogen-bond acceptors (Lipinski definition) is 4. The number of aromatic hydroxyl groups is 2. The predicted octanol–water partition coefficient (Wildman–Crippen LogP) is 4.61. The Hall–Kier alpha value is -3.02. The Morgan fingerprint density at radius 3 is 2.13 bits per heavy atom. The van der Waals surface area contributed by atoms with Gasteiger partial charge in [-0.05, 0) is 90.7 Å². The molecule has 0 aliphatic carbocycles. The van der Waals surface area contributed by atoms with Crippen LogP contribution >= 0.6 is 0 Å². The van der Waals surface area contributed by atoms with E-state index < -0.39 is 11.2 Å². The van der Waals surface area contributed by atoms with E-state index in [1.54, 1.807) is 38.1 Å². The van der Waals surface area contributed by atoms with Gasteiger partial charge in [-0.1, -0.05) is 41.9 Å². The summed E-state index contributed by atoms with van der Waals surface area (Å²) in [6, 6.07) is 20.8. The van der Waals surface area contributed by atoms with E-state index in [4.69, 9.17) is 4.65 Å². The molecule has 4 nitrogen and oxygen atoms in total. The maximum absolute atomic E-state index is 10.4. The van der Waals surface area contributed by atoms with Gasteiger partial charge in [0.25, 0.3) is 0 Å². The second kappa shape index (κ2) is 7.59. The summed E-state index contributed by atoms with van der Waals surface area (Å²) in [6.07, 6.45) is 0. The van der Waals surface area contributed by atoms with Gasteiger partial charge in [-0.3, -0.25) is 0 Å². The first kappa shape index (κ1) is 21.2. The van der Waals surface area contributed by atoms with Crippen LogP contribution in [0.15, 0.2) is 66.7 Å². The van der Waals surface area contributed by atoms with Gasteiger partial charge < -0.3 is 20.0 Å². The summed E-state index contributed by atoms with van der Waals surface area (Å²) in [5.74, 6) is 0.405. The lowest BCUT2D eigenvalue weighted by atomic mass is 9.81. The van der Waals surface area contributed by atoms with Gasteiger partial charge >= 0.3 is 7.48 Å². The van der Waals surface area contributed by atoms with Gasteiger partial charge in [-0.2, -0.15) is 0 Å². The quantitative estimate of drug-likeness (QED) is 0.329. The van der Waals surface area contributed by atoms with Crippen LogP contribution in [0.1, 0.15) is 27.7 Å². The van der Waals surface area contributed by atoms with Crippen molar-refractivity contribution in [3.05, 3.63) is 66.7 Å². The molecule has 0 unspecified atom stereocenters. The largest absolute Gasteiger partial charge is 0.508 e. The molecule has 0 saturated heterocycles. The average Bonchev–Trinajstić information content (AvgIpc) is 2.71. The fourth-order valence-corrected chi connectivity index (χ4v) is 3.63. The van der Waals surface area contributed by atoms with Crippen LogP contribution in [0.2, 0.25) is 0 Å². The lowest BCUT2D eigenvalue weighted by Crippen LogP contribution is -2.49. The smallest absolute Gasteiger partial charge is 0.309 e. The minimum Gasteiger partial charge on any atom is -0.508 e. The molecule has 4 rings (SSSR count). The Morgan fingerprint density at radius 2 is 1.42 bits per heavy atom. The molecule has 4 aromatic carbocycles. The second-order valence-corrected chi connectivity index (χ2v) is 9.12. The van der Waals surface area contributed by atoms with E-state index in [0.717, 1.165) is 38.1 Å². The standard InChI is InChI=1S/C26H27BO4/c1-25(2,30)26(3,4)31-27-18-7-5-6-16(12-18)22-13-17-8-9-19(28)14-23(17)21-11-10-20(29)15-24(21)22/h5-15,27-30H,1-4H3. The summed E-state index contributed by atoms with van der Waals surface area (Å²) in [5.41, 5.74) is 1.32. The minimum absolute atomic E-state index is 0.194. The van der Waals surface area contributed by atoms with Crippen molar-refractivity contribution >= 4 is 34.5 Å². The fourth-order valence-electron chi connectivity index (χ4n) is 3.63. The van der Waals surface area contributed by atoms with E-state index in [2.05, 4.69) is 12.1 Å². The number of benzene rings is 4. The van der Waals surface area contributed by atoms with Gasteiger partial charge in [-0.25, -0.2) is 0 Å².